The zero-order valence-electron chi connectivity index (χ0n) is 9.32. The van der Waals surface area contributed by atoms with Gasteiger partial charge in [-0.05, 0) is 30.5 Å². The molecule has 17 heavy (non-hydrogen) atoms. The highest BCUT2D eigenvalue weighted by molar-refractivity contribution is 6.30. The smallest absolute Gasteiger partial charge is 0.267 e. The summed E-state index contributed by atoms with van der Waals surface area (Å²) in [5.74, 6) is 0.578. The number of hydrogen-bond donors (Lipinski definition) is 1. The monoisotopic (exact) mass is 248 g/mol. The number of aromatic amines is 1. The van der Waals surface area contributed by atoms with Gasteiger partial charge in [-0.1, -0.05) is 23.7 Å². The van der Waals surface area contributed by atoms with E-state index in [9.17, 15) is 4.79 Å². The van der Waals surface area contributed by atoms with Crippen LogP contribution in [0.1, 0.15) is 30.0 Å². The summed E-state index contributed by atoms with van der Waals surface area (Å²) >= 11 is 5.82. The van der Waals surface area contributed by atoms with Crippen molar-refractivity contribution in [3.63, 3.8) is 0 Å². The lowest BCUT2D eigenvalue weighted by molar-refractivity contribution is 0.652. The van der Waals surface area contributed by atoms with Crippen LogP contribution in [0.5, 0.6) is 0 Å². The molecule has 88 valence electrons. The Morgan fingerprint density at radius 1 is 1.29 bits per heavy atom. The molecule has 0 unspecified atom stereocenters. The van der Waals surface area contributed by atoms with Gasteiger partial charge in [0.1, 0.15) is 0 Å². The van der Waals surface area contributed by atoms with Crippen molar-refractivity contribution in [3.8, 4) is 0 Å². The van der Waals surface area contributed by atoms with E-state index in [0.29, 0.717) is 17.5 Å². The standard InChI is InChI=1S/C13H13ClN2O/c14-11-5-1-9(2-6-11)8-16-13(17)7-12(15-16)10-3-4-10/h1-2,5-7,10,15H,3-4,8H2. The third-order valence-corrected chi connectivity index (χ3v) is 3.33. The molecular weight excluding hydrogens is 236 g/mol. The number of hydrogen-bond acceptors (Lipinski definition) is 1. The summed E-state index contributed by atoms with van der Waals surface area (Å²) in [6.45, 7) is 0.572. The van der Waals surface area contributed by atoms with Crippen molar-refractivity contribution >= 4 is 11.6 Å². The maximum absolute atomic E-state index is 11.7. The van der Waals surface area contributed by atoms with Crippen molar-refractivity contribution < 1.29 is 0 Å². The van der Waals surface area contributed by atoms with Crippen LogP contribution < -0.4 is 5.56 Å². The van der Waals surface area contributed by atoms with Gasteiger partial charge in [0.15, 0.2) is 0 Å². The van der Waals surface area contributed by atoms with Crippen molar-refractivity contribution in [1.29, 1.82) is 0 Å². The molecule has 0 aliphatic heterocycles. The number of aromatic nitrogens is 2. The molecule has 1 aliphatic carbocycles. The molecule has 1 aromatic heterocycles. The molecule has 0 amide bonds. The minimum Gasteiger partial charge on any atom is -0.299 e. The summed E-state index contributed by atoms with van der Waals surface area (Å²) in [6, 6.07) is 9.27. The third-order valence-electron chi connectivity index (χ3n) is 3.08. The van der Waals surface area contributed by atoms with Gasteiger partial charge in [-0.3, -0.25) is 9.89 Å². The zero-order valence-corrected chi connectivity index (χ0v) is 10.1. The summed E-state index contributed by atoms with van der Waals surface area (Å²) in [5, 5.41) is 3.89. The van der Waals surface area contributed by atoms with Gasteiger partial charge in [0, 0.05) is 22.7 Å². The lowest BCUT2D eigenvalue weighted by atomic mass is 10.2. The summed E-state index contributed by atoms with van der Waals surface area (Å²) in [5.41, 5.74) is 2.19. The molecule has 0 bridgehead atoms. The van der Waals surface area contributed by atoms with Gasteiger partial charge in [0.05, 0.1) is 6.54 Å². The molecule has 0 saturated heterocycles. The molecular formula is C13H13ClN2O. The highest BCUT2D eigenvalue weighted by Crippen LogP contribution is 2.38. The lowest BCUT2D eigenvalue weighted by Crippen LogP contribution is -2.16. The first-order valence-corrected chi connectivity index (χ1v) is 6.14. The number of rotatable bonds is 3. The number of halogens is 1. The highest BCUT2D eigenvalue weighted by atomic mass is 35.5. The second-order valence-corrected chi connectivity index (χ2v) is 4.97. The normalized spacial score (nSPS) is 15.1. The second kappa shape index (κ2) is 4.08. The summed E-state index contributed by atoms with van der Waals surface area (Å²) in [7, 11) is 0. The molecule has 0 spiro atoms. The van der Waals surface area contributed by atoms with E-state index >= 15 is 0 Å². The Bertz CT molecular complexity index is 578. The first-order valence-electron chi connectivity index (χ1n) is 5.76. The zero-order chi connectivity index (χ0) is 11.8. The average Bonchev–Trinajstić information content (AvgIpc) is 3.09. The van der Waals surface area contributed by atoms with Crippen LogP contribution in [0, 0.1) is 0 Å². The van der Waals surface area contributed by atoms with Gasteiger partial charge in [0.25, 0.3) is 5.56 Å². The molecule has 4 heteroatoms. The fraction of sp³-hybridized carbons (Fsp3) is 0.308. The van der Waals surface area contributed by atoms with E-state index in [1.807, 2.05) is 24.3 Å². The summed E-state index contributed by atoms with van der Waals surface area (Å²) in [6.07, 6.45) is 2.39. The van der Waals surface area contributed by atoms with Crippen LogP contribution in [0.25, 0.3) is 0 Å². The van der Waals surface area contributed by atoms with Gasteiger partial charge in [0.2, 0.25) is 0 Å². The van der Waals surface area contributed by atoms with Gasteiger partial charge in [-0.2, -0.15) is 0 Å². The Morgan fingerprint density at radius 2 is 2.00 bits per heavy atom. The van der Waals surface area contributed by atoms with Crippen LogP contribution in [-0.4, -0.2) is 9.78 Å². The van der Waals surface area contributed by atoms with E-state index in [1.54, 1.807) is 10.7 Å². The van der Waals surface area contributed by atoms with Gasteiger partial charge < -0.3 is 0 Å². The fourth-order valence-electron chi connectivity index (χ4n) is 1.95. The molecule has 1 aliphatic rings. The molecule has 1 N–H and O–H groups in total. The van der Waals surface area contributed by atoms with Crippen LogP contribution in [0.15, 0.2) is 35.1 Å². The van der Waals surface area contributed by atoms with Gasteiger partial charge in [-0.25, -0.2) is 4.68 Å². The van der Waals surface area contributed by atoms with Crippen molar-refractivity contribution in [2.45, 2.75) is 25.3 Å². The predicted octanol–water partition coefficient (Wildman–Crippen LogP) is 2.76. The fourth-order valence-corrected chi connectivity index (χ4v) is 2.07. The molecule has 1 heterocycles. The Kier molecular flexibility index (Phi) is 2.56. The van der Waals surface area contributed by atoms with Crippen molar-refractivity contribution in [2.75, 3.05) is 0 Å². The van der Waals surface area contributed by atoms with E-state index in [0.717, 1.165) is 11.3 Å². The molecule has 0 atom stereocenters. The van der Waals surface area contributed by atoms with Crippen molar-refractivity contribution in [1.82, 2.24) is 9.78 Å². The Morgan fingerprint density at radius 3 is 2.65 bits per heavy atom. The number of H-pyrrole nitrogens is 1. The van der Waals surface area contributed by atoms with Gasteiger partial charge in [-0.15, -0.1) is 0 Å². The SMILES string of the molecule is O=c1cc(C2CC2)[nH]n1Cc1ccc(Cl)cc1. The molecule has 1 saturated carbocycles. The molecule has 1 aromatic carbocycles. The summed E-state index contributed by atoms with van der Waals surface area (Å²) < 4.78 is 1.65. The Hall–Kier alpha value is -1.48. The largest absolute Gasteiger partial charge is 0.299 e. The molecule has 1 fully saturated rings. The van der Waals surface area contributed by atoms with Gasteiger partial charge >= 0.3 is 0 Å². The topological polar surface area (TPSA) is 37.8 Å². The first-order chi connectivity index (χ1) is 8.22. The molecule has 3 rings (SSSR count). The summed E-state index contributed by atoms with van der Waals surface area (Å²) in [4.78, 5) is 11.7. The van der Waals surface area contributed by atoms with Crippen LogP contribution in [0.3, 0.4) is 0 Å². The maximum Gasteiger partial charge on any atom is 0.267 e. The van der Waals surface area contributed by atoms with E-state index in [4.69, 9.17) is 11.6 Å². The Labute approximate surface area is 104 Å². The highest BCUT2D eigenvalue weighted by Gasteiger charge is 2.25. The molecule has 2 aromatic rings. The third kappa shape index (κ3) is 2.29. The number of nitrogens with one attached hydrogen (secondary N) is 1. The minimum absolute atomic E-state index is 0.0434. The number of benzene rings is 1. The maximum atomic E-state index is 11.7. The van der Waals surface area contributed by atoms with E-state index in [2.05, 4.69) is 5.10 Å². The van der Waals surface area contributed by atoms with Crippen LogP contribution >= 0.6 is 11.6 Å². The molecule has 0 radical (unpaired) electrons. The van der Waals surface area contributed by atoms with Crippen molar-refractivity contribution in [3.05, 3.63) is 57.0 Å². The van der Waals surface area contributed by atoms with Crippen LogP contribution in [-0.2, 0) is 6.54 Å². The Balaban J connectivity index is 1.84. The van der Waals surface area contributed by atoms with E-state index in [1.165, 1.54) is 12.8 Å². The lowest BCUT2D eigenvalue weighted by Gasteiger charge is -2.02. The second-order valence-electron chi connectivity index (χ2n) is 4.54. The van der Waals surface area contributed by atoms with E-state index < -0.39 is 0 Å². The quantitative estimate of drug-likeness (QED) is 0.891. The predicted molar refractivity (Wildman–Crippen MR) is 67.6 cm³/mol. The van der Waals surface area contributed by atoms with Crippen LogP contribution in [0.2, 0.25) is 5.02 Å². The van der Waals surface area contributed by atoms with E-state index in [-0.39, 0.29) is 5.56 Å². The average molecular weight is 249 g/mol. The first kappa shape index (κ1) is 10.7. The number of nitrogens with zero attached hydrogens (tertiary/aromatic N) is 1. The van der Waals surface area contributed by atoms with Crippen molar-refractivity contribution in [2.24, 2.45) is 0 Å². The van der Waals surface area contributed by atoms with Crippen LogP contribution in [0.4, 0.5) is 0 Å². The minimum atomic E-state index is 0.0434. The molecule has 3 nitrogen and oxygen atoms in total.